The van der Waals surface area contributed by atoms with Crippen LogP contribution < -0.4 is 10.1 Å². The quantitative estimate of drug-likeness (QED) is 0.583. The molecule has 150 valence electrons. The number of anilines is 1. The lowest BCUT2D eigenvalue weighted by Crippen LogP contribution is -2.17. The van der Waals surface area contributed by atoms with E-state index in [1.165, 1.54) is 12.1 Å². The lowest BCUT2D eigenvalue weighted by molar-refractivity contribution is 0.102. The zero-order valence-electron chi connectivity index (χ0n) is 16.3. The van der Waals surface area contributed by atoms with Gasteiger partial charge in [-0.25, -0.2) is 9.07 Å². The standard InChI is InChI=1S/C22H21BrFN3O2/c1-13-11-14(23)12-19(29-2)20(13)25-22(28)21-17-5-3-4-6-18(17)27(26-21)16-9-7-15(24)8-10-16/h7-12H,3-6H2,1-2H3,(H,25,28). The molecule has 0 saturated heterocycles. The maximum absolute atomic E-state index is 13.3. The van der Waals surface area contributed by atoms with Gasteiger partial charge >= 0.3 is 0 Å². The van der Waals surface area contributed by atoms with E-state index in [0.29, 0.717) is 17.1 Å². The summed E-state index contributed by atoms with van der Waals surface area (Å²) in [6, 6.07) is 9.91. The highest BCUT2D eigenvalue weighted by Gasteiger charge is 2.26. The monoisotopic (exact) mass is 457 g/mol. The third-order valence-electron chi connectivity index (χ3n) is 5.19. The molecule has 1 amide bonds. The lowest BCUT2D eigenvalue weighted by Gasteiger charge is -2.15. The number of methoxy groups -OCH3 is 1. The summed E-state index contributed by atoms with van der Waals surface area (Å²) >= 11 is 3.45. The number of hydrogen-bond donors (Lipinski definition) is 1. The van der Waals surface area contributed by atoms with Crippen LogP contribution in [0.25, 0.3) is 5.69 Å². The van der Waals surface area contributed by atoms with E-state index in [2.05, 4.69) is 26.3 Å². The number of fused-ring (bicyclic) bond motifs is 1. The number of nitrogens with zero attached hydrogens (tertiary/aromatic N) is 2. The summed E-state index contributed by atoms with van der Waals surface area (Å²) in [4.78, 5) is 13.2. The second kappa shape index (κ2) is 7.99. The van der Waals surface area contributed by atoms with Gasteiger partial charge in [-0.2, -0.15) is 5.10 Å². The van der Waals surface area contributed by atoms with Crippen molar-refractivity contribution in [1.29, 1.82) is 0 Å². The van der Waals surface area contributed by atoms with E-state index in [1.807, 2.05) is 19.1 Å². The predicted octanol–water partition coefficient (Wildman–Crippen LogP) is 5.22. The fourth-order valence-electron chi connectivity index (χ4n) is 3.78. The van der Waals surface area contributed by atoms with Crippen LogP contribution in [0.1, 0.15) is 40.2 Å². The summed E-state index contributed by atoms with van der Waals surface area (Å²) < 4.78 is 21.4. The number of rotatable bonds is 4. The number of carbonyl (C=O) groups excluding carboxylic acids is 1. The Morgan fingerprint density at radius 1 is 1.21 bits per heavy atom. The molecule has 1 heterocycles. The van der Waals surface area contributed by atoms with Crippen molar-refractivity contribution in [3.05, 3.63) is 69.2 Å². The third-order valence-corrected chi connectivity index (χ3v) is 5.65. The van der Waals surface area contributed by atoms with Crippen LogP contribution in [0.15, 0.2) is 40.9 Å². The van der Waals surface area contributed by atoms with Gasteiger partial charge in [0.15, 0.2) is 5.69 Å². The first kappa shape index (κ1) is 19.6. The van der Waals surface area contributed by atoms with E-state index in [1.54, 1.807) is 23.9 Å². The average Bonchev–Trinajstić information content (AvgIpc) is 3.10. The van der Waals surface area contributed by atoms with Crippen molar-refractivity contribution < 1.29 is 13.9 Å². The van der Waals surface area contributed by atoms with E-state index in [9.17, 15) is 9.18 Å². The Balaban J connectivity index is 1.74. The van der Waals surface area contributed by atoms with Gasteiger partial charge in [0.1, 0.15) is 11.6 Å². The summed E-state index contributed by atoms with van der Waals surface area (Å²) in [6.45, 7) is 1.91. The average molecular weight is 458 g/mol. The molecule has 1 aliphatic rings. The molecule has 5 nitrogen and oxygen atoms in total. The van der Waals surface area contributed by atoms with Crippen LogP contribution in [-0.2, 0) is 12.8 Å². The molecular weight excluding hydrogens is 437 g/mol. The Morgan fingerprint density at radius 3 is 2.66 bits per heavy atom. The second-order valence-electron chi connectivity index (χ2n) is 7.12. The van der Waals surface area contributed by atoms with E-state index in [4.69, 9.17) is 4.74 Å². The molecule has 0 bridgehead atoms. The summed E-state index contributed by atoms with van der Waals surface area (Å²) in [5.74, 6) is 0.00958. The summed E-state index contributed by atoms with van der Waals surface area (Å²) in [5.41, 5.74) is 4.66. The fraction of sp³-hybridized carbons (Fsp3) is 0.273. The molecule has 0 aliphatic heterocycles. The minimum atomic E-state index is -0.300. The van der Waals surface area contributed by atoms with Gasteiger partial charge in [0.2, 0.25) is 0 Å². The first-order valence-corrected chi connectivity index (χ1v) is 10.3. The fourth-order valence-corrected chi connectivity index (χ4v) is 4.33. The number of amides is 1. The van der Waals surface area contributed by atoms with Crippen molar-refractivity contribution in [1.82, 2.24) is 9.78 Å². The molecule has 1 N–H and O–H groups in total. The van der Waals surface area contributed by atoms with Crippen LogP contribution in [0, 0.1) is 12.7 Å². The van der Waals surface area contributed by atoms with E-state index >= 15 is 0 Å². The Bertz CT molecular complexity index is 1080. The molecule has 0 radical (unpaired) electrons. The molecule has 0 atom stereocenters. The molecule has 0 spiro atoms. The number of halogens is 2. The number of nitrogens with one attached hydrogen (secondary N) is 1. The minimum absolute atomic E-state index is 0.271. The minimum Gasteiger partial charge on any atom is -0.495 e. The first-order chi connectivity index (χ1) is 14.0. The molecule has 0 unspecified atom stereocenters. The number of benzene rings is 2. The van der Waals surface area contributed by atoms with Gasteiger partial charge in [-0.05, 0) is 74.6 Å². The number of aromatic nitrogens is 2. The molecule has 1 aliphatic carbocycles. The van der Waals surface area contributed by atoms with Gasteiger partial charge < -0.3 is 10.1 Å². The van der Waals surface area contributed by atoms with Crippen LogP contribution in [0.2, 0.25) is 0 Å². The molecule has 0 saturated carbocycles. The molecule has 2 aromatic carbocycles. The molecule has 4 rings (SSSR count). The van der Waals surface area contributed by atoms with E-state index < -0.39 is 0 Å². The number of hydrogen-bond acceptors (Lipinski definition) is 3. The van der Waals surface area contributed by atoms with Gasteiger partial charge in [-0.15, -0.1) is 0 Å². The number of aryl methyl sites for hydroxylation is 1. The van der Waals surface area contributed by atoms with E-state index in [-0.39, 0.29) is 11.7 Å². The Hall–Kier alpha value is -2.67. The SMILES string of the molecule is COc1cc(Br)cc(C)c1NC(=O)c1nn(-c2ccc(F)cc2)c2c1CCCC2. The summed E-state index contributed by atoms with van der Waals surface area (Å²) in [6.07, 6.45) is 3.70. The van der Waals surface area contributed by atoms with Crippen molar-refractivity contribution in [3.8, 4) is 11.4 Å². The number of carbonyl (C=O) groups is 1. The summed E-state index contributed by atoms with van der Waals surface area (Å²) in [5, 5.41) is 7.60. The summed E-state index contributed by atoms with van der Waals surface area (Å²) in [7, 11) is 1.57. The highest BCUT2D eigenvalue weighted by molar-refractivity contribution is 9.10. The maximum atomic E-state index is 13.3. The Labute approximate surface area is 177 Å². The molecule has 0 fully saturated rings. The van der Waals surface area contributed by atoms with Crippen molar-refractivity contribution in [2.45, 2.75) is 32.6 Å². The highest BCUT2D eigenvalue weighted by Crippen LogP contribution is 2.33. The molecule has 29 heavy (non-hydrogen) atoms. The molecular formula is C22H21BrFN3O2. The smallest absolute Gasteiger partial charge is 0.276 e. The highest BCUT2D eigenvalue weighted by atomic mass is 79.9. The van der Waals surface area contributed by atoms with Crippen molar-refractivity contribution in [3.63, 3.8) is 0 Å². The molecule has 3 aromatic rings. The maximum Gasteiger partial charge on any atom is 0.276 e. The third kappa shape index (κ3) is 3.79. The number of ether oxygens (including phenoxy) is 1. The topological polar surface area (TPSA) is 56.1 Å². The van der Waals surface area contributed by atoms with Crippen LogP contribution in [0.5, 0.6) is 5.75 Å². The molecule has 1 aromatic heterocycles. The Kier molecular flexibility index (Phi) is 5.41. The van der Waals surface area contributed by atoms with Crippen molar-refractivity contribution in [2.75, 3.05) is 12.4 Å². The largest absolute Gasteiger partial charge is 0.495 e. The van der Waals surface area contributed by atoms with Crippen LogP contribution >= 0.6 is 15.9 Å². The van der Waals surface area contributed by atoms with E-state index in [0.717, 1.165) is 52.7 Å². The zero-order chi connectivity index (χ0) is 20.5. The van der Waals surface area contributed by atoms with Crippen molar-refractivity contribution >= 4 is 27.5 Å². The van der Waals surface area contributed by atoms with Gasteiger partial charge in [-0.3, -0.25) is 4.79 Å². The van der Waals surface area contributed by atoms with Crippen molar-refractivity contribution in [2.24, 2.45) is 0 Å². The Morgan fingerprint density at radius 2 is 1.93 bits per heavy atom. The van der Waals surface area contributed by atoms with Crippen LogP contribution in [-0.4, -0.2) is 22.8 Å². The molecule has 7 heteroatoms. The van der Waals surface area contributed by atoms with Gasteiger partial charge in [-0.1, -0.05) is 15.9 Å². The van der Waals surface area contributed by atoms with Crippen LogP contribution in [0.4, 0.5) is 10.1 Å². The predicted molar refractivity (Wildman–Crippen MR) is 114 cm³/mol. The van der Waals surface area contributed by atoms with Gasteiger partial charge in [0.25, 0.3) is 5.91 Å². The normalized spacial score (nSPS) is 13.1. The first-order valence-electron chi connectivity index (χ1n) is 9.50. The lowest BCUT2D eigenvalue weighted by atomic mass is 9.95. The van der Waals surface area contributed by atoms with Gasteiger partial charge in [0, 0.05) is 15.7 Å². The van der Waals surface area contributed by atoms with Crippen LogP contribution in [0.3, 0.4) is 0 Å². The second-order valence-corrected chi connectivity index (χ2v) is 8.04. The zero-order valence-corrected chi connectivity index (χ0v) is 17.8. The van der Waals surface area contributed by atoms with Gasteiger partial charge in [0.05, 0.1) is 18.5 Å².